The van der Waals surface area contributed by atoms with Crippen LogP contribution in [-0.2, 0) is 11.2 Å². The van der Waals surface area contributed by atoms with Crippen LogP contribution in [0.4, 0.5) is 17.2 Å². The molecule has 1 aliphatic heterocycles. The van der Waals surface area contributed by atoms with Gasteiger partial charge in [0.05, 0.1) is 42.7 Å². The molecule has 0 unspecified atom stereocenters. The van der Waals surface area contributed by atoms with Crippen LogP contribution in [0.1, 0.15) is 16.2 Å². The minimum Gasteiger partial charge on any atom is -0.382 e. The van der Waals surface area contributed by atoms with Gasteiger partial charge in [-0.05, 0) is 24.7 Å². The average Bonchev–Trinajstić information content (AvgIpc) is 2.84. The number of amides is 1. The molecule has 0 spiro atoms. The van der Waals surface area contributed by atoms with Crippen LogP contribution in [0.3, 0.4) is 0 Å². The van der Waals surface area contributed by atoms with Crippen LogP contribution < -0.4 is 21.2 Å². The number of nitrogens with two attached hydrogens (primary N) is 1. The Bertz CT molecular complexity index is 1070. The monoisotopic (exact) mass is 432 g/mol. The molecule has 0 saturated carbocycles. The highest BCUT2D eigenvalue weighted by Crippen LogP contribution is 2.26. The van der Waals surface area contributed by atoms with E-state index in [4.69, 9.17) is 10.5 Å². The number of hydrogen-bond donors (Lipinski definition) is 3. The summed E-state index contributed by atoms with van der Waals surface area (Å²) in [5.41, 5.74) is 9.75. The number of nitrogens with zero attached hydrogens (tertiary/aromatic N) is 5. The lowest BCUT2D eigenvalue weighted by Crippen LogP contribution is -2.36. The number of hydrogen-bond acceptors (Lipinski definition) is 9. The first-order valence-electron chi connectivity index (χ1n) is 10.5. The van der Waals surface area contributed by atoms with Crippen LogP contribution in [0.2, 0.25) is 0 Å². The third-order valence-corrected chi connectivity index (χ3v) is 5.17. The SMILES string of the molecule is BNCCc1ccc(-c2cnc(N)c(C(=O)Nc3cnccc3N3CCOCC3)n2)cn1. The summed E-state index contributed by atoms with van der Waals surface area (Å²) < 4.78 is 5.42. The van der Waals surface area contributed by atoms with Crippen LogP contribution in [0.25, 0.3) is 11.3 Å². The van der Waals surface area contributed by atoms with Crippen molar-refractivity contribution in [2.45, 2.75) is 6.42 Å². The fourth-order valence-electron chi connectivity index (χ4n) is 3.43. The molecule has 1 aliphatic rings. The zero-order chi connectivity index (χ0) is 22.3. The summed E-state index contributed by atoms with van der Waals surface area (Å²) in [4.78, 5) is 32.4. The number of morpholine rings is 1. The fourth-order valence-corrected chi connectivity index (χ4v) is 3.43. The van der Waals surface area contributed by atoms with E-state index in [1.165, 1.54) is 0 Å². The van der Waals surface area contributed by atoms with E-state index in [0.29, 0.717) is 24.6 Å². The van der Waals surface area contributed by atoms with Crippen LogP contribution in [-0.4, -0.2) is 66.7 Å². The number of nitrogen functional groups attached to an aromatic ring is 1. The second kappa shape index (κ2) is 10.2. The van der Waals surface area contributed by atoms with Crippen LogP contribution in [0.5, 0.6) is 0 Å². The van der Waals surface area contributed by atoms with Gasteiger partial charge in [-0.1, -0.05) is 0 Å². The van der Waals surface area contributed by atoms with Gasteiger partial charge in [0, 0.05) is 43.2 Å². The van der Waals surface area contributed by atoms with Gasteiger partial charge in [0.15, 0.2) is 19.5 Å². The number of aromatic nitrogens is 4. The third kappa shape index (κ3) is 5.01. The van der Waals surface area contributed by atoms with Gasteiger partial charge in [0.2, 0.25) is 0 Å². The molecule has 0 bridgehead atoms. The summed E-state index contributed by atoms with van der Waals surface area (Å²) in [6.07, 6.45) is 7.41. The van der Waals surface area contributed by atoms with Gasteiger partial charge in [-0.15, -0.1) is 0 Å². The minimum atomic E-state index is -0.446. The summed E-state index contributed by atoms with van der Waals surface area (Å²) in [6.45, 7) is 3.60. The second-order valence-corrected chi connectivity index (χ2v) is 7.33. The maximum absolute atomic E-state index is 13.0. The van der Waals surface area contributed by atoms with Gasteiger partial charge in [0.25, 0.3) is 5.91 Å². The molecule has 164 valence electrons. The molecule has 1 saturated heterocycles. The van der Waals surface area contributed by atoms with Crippen molar-refractivity contribution < 1.29 is 9.53 Å². The van der Waals surface area contributed by atoms with E-state index < -0.39 is 5.91 Å². The quantitative estimate of drug-likeness (QED) is 0.451. The fraction of sp³-hybridized carbons (Fsp3) is 0.286. The third-order valence-electron chi connectivity index (χ3n) is 5.17. The van der Waals surface area contributed by atoms with Crippen LogP contribution in [0.15, 0.2) is 43.0 Å². The van der Waals surface area contributed by atoms with Gasteiger partial charge in [-0.25, -0.2) is 9.97 Å². The maximum atomic E-state index is 13.0. The Labute approximate surface area is 187 Å². The summed E-state index contributed by atoms with van der Waals surface area (Å²) in [5, 5.41) is 5.99. The molecule has 0 aromatic carbocycles. The molecule has 1 amide bonds. The van der Waals surface area contributed by atoms with Crippen LogP contribution >= 0.6 is 0 Å². The average molecular weight is 432 g/mol. The number of ether oxygens (including phenoxy) is 1. The zero-order valence-corrected chi connectivity index (χ0v) is 17.9. The van der Waals surface area contributed by atoms with E-state index in [1.807, 2.05) is 26.2 Å². The predicted molar refractivity (Wildman–Crippen MR) is 125 cm³/mol. The predicted octanol–water partition coefficient (Wildman–Crippen LogP) is 0.285. The van der Waals surface area contributed by atoms with Gasteiger partial charge in [-0.3, -0.25) is 14.8 Å². The number of carbonyl (C=O) groups excluding carboxylic acids is 1. The van der Waals surface area contributed by atoms with E-state index >= 15 is 0 Å². The largest absolute Gasteiger partial charge is 0.382 e. The lowest BCUT2D eigenvalue weighted by molar-refractivity contribution is 0.102. The Kier molecular flexibility index (Phi) is 6.88. The molecule has 0 atom stereocenters. The molecule has 0 radical (unpaired) electrons. The van der Waals surface area contributed by atoms with Gasteiger partial charge >= 0.3 is 0 Å². The van der Waals surface area contributed by atoms with Crippen molar-refractivity contribution in [2.24, 2.45) is 0 Å². The van der Waals surface area contributed by atoms with Gasteiger partial charge < -0.3 is 25.9 Å². The minimum absolute atomic E-state index is 0.0542. The molecule has 4 N–H and O–H groups in total. The van der Waals surface area contributed by atoms with Crippen molar-refractivity contribution in [3.8, 4) is 11.3 Å². The normalized spacial score (nSPS) is 13.7. The number of anilines is 3. The summed E-state index contributed by atoms with van der Waals surface area (Å²) >= 11 is 0. The van der Waals surface area contributed by atoms with E-state index in [1.54, 1.807) is 24.8 Å². The van der Waals surface area contributed by atoms with Crippen molar-refractivity contribution in [1.82, 2.24) is 25.2 Å². The first kappa shape index (κ1) is 21.7. The molecule has 11 heteroatoms. The van der Waals surface area contributed by atoms with E-state index in [-0.39, 0.29) is 11.5 Å². The highest BCUT2D eigenvalue weighted by molar-refractivity contribution is 6.07. The lowest BCUT2D eigenvalue weighted by Gasteiger charge is -2.30. The molecule has 10 nitrogen and oxygen atoms in total. The number of pyridine rings is 2. The molecule has 0 aliphatic carbocycles. The Balaban J connectivity index is 1.55. The molecule has 4 rings (SSSR count). The smallest absolute Gasteiger partial charge is 0.278 e. The molecule has 3 aromatic rings. The van der Waals surface area contributed by atoms with Gasteiger partial charge in [-0.2, -0.15) is 0 Å². The van der Waals surface area contributed by atoms with Crippen molar-refractivity contribution in [3.63, 3.8) is 0 Å². The second-order valence-electron chi connectivity index (χ2n) is 7.33. The molecular formula is C21H25BN8O2. The molecule has 3 aromatic heterocycles. The molecular weight excluding hydrogens is 407 g/mol. The maximum Gasteiger partial charge on any atom is 0.278 e. The first-order valence-corrected chi connectivity index (χ1v) is 10.5. The first-order chi connectivity index (χ1) is 15.7. The zero-order valence-electron chi connectivity index (χ0n) is 17.9. The number of rotatable bonds is 7. The summed E-state index contributed by atoms with van der Waals surface area (Å²) in [6, 6.07) is 5.72. The highest BCUT2D eigenvalue weighted by Gasteiger charge is 2.19. The van der Waals surface area contributed by atoms with E-state index in [9.17, 15) is 4.79 Å². The molecule has 1 fully saturated rings. The number of carbonyl (C=O) groups is 1. The van der Waals surface area contributed by atoms with Crippen molar-refractivity contribution in [2.75, 3.05) is 48.8 Å². The molecule has 4 heterocycles. The van der Waals surface area contributed by atoms with E-state index in [2.05, 4.69) is 35.4 Å². The highest BCUT2D eigenvalue weighted by atomic mass is 16.5. The van der Waals surface area contributed by atoms with Crippen molar-refractivity contribution in [3.05, 3.63) is 54.4 Å². The summed E-state index contributed by atoms with van der Waals surface area (Å²) in [7, 11) is 1.90. The Morgan fingerprint density at radius 1 is 1.16 bits per heavy atom. The van der Waals surface area contributed by atoms with Gasteiger partial charge in [0.1, 0.15) is 0 Å². The van der Waals surface area contributed by atoms with Crippen molar-refractivity contribution in [1.29, 1.82) is 0 Å². The van der Waals surface area contributed by atoms with E-state index in [0.717, 1.165) is 43.0 Å². The summed E-state index contributed by atoms with van der Waals surface area (Å²) in [5.74, 6) is -0.389. The standard InChI is InChI=1S/C21H25BN8O2/c22-27-6-3-15-2-1-14(11-25-15)16-13-26-20(23)19(28-16)21(31)29-17-12-24-5-4-18(17)30-7-9-32-10-8-30/h1-2,4-5,11-13,27H,3,6-10,22H2,(H2,23,26)(H,29,31). The molecule has 32 heavy (non-hydrogen) atoms. The Hall–Kier alpha value is -3.57. The Morgan fingerprint density at radius 3 is 2.75 bits per heavy atom. The van der Waals surface area contributed by atoms with Crippen molar-refractivity contribution >= 4 is 31.1 Å². The lowest BCUT2D eigenvalue weighted by atomic mass is 10.1. The number of nitrogens with one attached hydrogen (secondary N) is 2. The van der Waals surface area contributed by atoms with Crippen LogP contribution in [0, 0.1) is 0 Å². The topological polar surface area (TPSA) is 131 Å². The Morgan fingerprint density at radius 2 is 2.00 bits per heavy atom.